The molecule has 4 rings (SSSR count). The third-order valence-electron chi connectivity index (χ3n) is 5.69. The number of carbonyl (C=O) groups excluding carboxylic acids is 1. The molecule has 7 heteroatoms. The van der Waals surface area contributed by atoms with Crippen molar-refractivity contribution in [3.63, 3.8) is 0 Å². The molecule has 136 valence electrons. The lowest BCUT2D eigenvalue weighted by atomic mass is 9.79. The summed E-state index contributed by atoms with van der Waals surface area (Å²) in [6.45, 7) is 7.70. The molecule has 25 heavy (non-hydrogen) atoms. The third kappa shape index (κ3) is 3.17. The molecule has 1 spiro atoms. The Morgan fingerprint density at radius 1 is 1.20 bits per heavy atom. The second-order valence-electron chi connectivity index (χ2n) is 7.28. The van der Waals surface area contributed by atoms with Crippen LogP contribution in [0.15, 0.2) is 6.07 Å². The Kier molecular flexibility index (Phi) is 4.50. The van der Waals surface area contributed by atoms with Crippen LogP contribution in [0.2, 0.25) is 0 Å². The standard InChI is InChI=1S/C18H27N5O2/c1-2-14-12-15(21-17(20-14)22-8-10-25-11-9-22)23-7-5-18(13-23)4-3-6-19-16(18)24/h12H,2-11,13H2,1H3,(H,19,24)/t18-/m1/s1. The van der Waals surface area contributed by atoms with E-state index in [9.17, 15) is 4.79 Å². The fraction of sp³-hybridized carbons (Fsp3) is 0.722. The maximum absolute atomic E-state index is 12.4. The molecule has 0 aromatic carbocycles. The molecule has 0 saturated carbocycles. The molecular formula is C18H27N5O2. The zero-order chi connectivity index (χ0) is 17.3. The largest absolute Gasteiger partial charge is 0.378 e. The first-order valence-electron chi connectivity index (χ1n) is 9.44. The van der Waals surface area contributed by atoms with Gasteiger partial charge in [0, 0.05) is 44.5 Å². The van der Waals surface area contributed by atoms with Gasteiger partial charge in [-0.1, -0.05) is 6.92 Å². The van der Waals surface area contributed by atoms with Crippen molar-refractivity contribution in [2.75, 3.05) is 55.7 Å². The SMILES string of the molecule is CCc1cc(N2CC[C@]3(CCCNC3=O)C2)nc(N2CCOCC2)n1. The number of ether oxygens (including phenoxy) is 1. The van der Waals surface area contributed by atoms with E-state index in [1.54, 1.807) is 0 Å². The van der Waals surface area contributed by atoms with Gasteiger partial charge in [-0.15, -0.1) is 0 Å². The normalized spacial score (nSPS) is 27.0. The molecule has 1 aromatic heterocycles. The molecule has 0 bridgehead atoms. The van der Waals surface area contributed by atoms with E-state index < -0.39 is 0 Å². The molecule has 0 unspecified atom stereocenters. The minimum atomic E-state index is -0.227. The number of rotatable bonds is 3. The molecule has 0 radical (unpaired) electrons. The molecule has 1 atom stereocenters. The van der Waals surface area contributed by atoms with E-state index in [2.05, 4.69) is 28.1 Å². The molecular weight excluding hydrogens is 318 g/mol. The predicted octanol–water partition coefficient (Wildman–Crippen LogP) is 0.982. The molecule has 0 aliphatic carbocycles. The van der Waals surface area contributed by atoms with Gasteiger partial charge in [0.2, 0.25) is 11.9 Å². The monoisotopic (exact) mass is 345 g/mol. The fourth-order valence-corrected chi connectivity index (χ4v) is 4.10. The second kappa shape index (κ2) is 6.78. The smallest absolute Gasteiger partial charge is 0.228 e. The lowest BCUT2D eigenvalue weighted by Gasteiger charge is -2.32. The van der Waals surface area contributed by atoms with E-state index >= 15 is 0 Å². The highest BCUT2D eigenvalue weighted by atomic mass is 16.5. The zero-order valence-electron chi connectivity index (χ0n) is 15.0. The zero-order valence-corrected chi connectivity index (χ0v) is 15.0. The molecule has 3 fully saturated rings. The van der Waals surface area contributed by atoms with E-state index in [0.29, 0.717) is 0 Å². The minimum absolute atomic E-state index is 0.222. The Bertz CT molecular complexity index is 646. The van der Waals surface area contributed by atoms with Crippen molar-refractivity contribution in [2.45, 2.75) is 32.6 Å². The van der Waals surface area contributed by atoms with Crippen LogP contribution >= 0.6 is 0 Å². The van der Waals surface area contributed by atoms with Crippen molar-refractivity contribution in [1.82, 2.24) is 15.3 Å². The average Bonchev–Trinajstić information content (AvgIpc) is 3.10. The number of hydrogen-bond donors (Lipinski definition) is 1. The highest BCUT2D eigenvalue weighted by molar-refractivity contribution is 5.84. The maximum atomic E-state index is 12.4. The van der Waals surface area contributed by atoms with Crippen molar-refractivity contribution < 1.29 is 9.53 Å². The first kappa shape index (κ1) is 16.6. The Morgan fingerprint density at radius 3 is 2.80 bits per heavy atom. The van der Waals surface area contributed by atoms with Crippen LogP contribution in [0.5, 0.6) is 0 Å². The van der Waals surface area contributed by atoms with Crippen LogP contribution in [0.1, 0.15) is 31.9 Å². The summed E-state index contributed by atoms with van der Waals surface area (Å²) < 4.78 is 5.44. The van der Waals surface area contributed by atoms with Crippen LogP contribution in [0, 0.1) is 5.41 Å². The van der Waals surface area contributed by atoms with Gasteiger partial charge >= 0.3 is 0 Å². The van der Waals surface area contributed by atoms with Gasteiger partial charge in [0.05, 0.1) is 18.6 Å². The summed E-state index contributed by atoms with van der Waals surface area (Å²) in [5.74, 6) is 1.98. The summed E-state index contributed by atoms with van der Waals surface area (Å²) in [7, 11) is 0. The molecule has 1 N–H and O–H groups in total. The lowest BCUT2D eigenvalue weighted by Crippen LogP contribution is -2.47. The first-order valence-corrected chi connectivity index (χ1v) is 9.44. The molecule has 3 aliphatic heterocycles. The van der Waals surface area contributed by atoms with Crippen LogP contribution in [0.4, 0.5) is 11.8 Å². The van der Waals surface area contributed by atoms with E-state index in [0.717, 1.165) is 89.1 Å². The molecule has 1 amide bonds. The molecule has 7 nitrogen and oxygen atoms in total. The summed E-state index contributed by atoms with van der Waals surface area (Å²) in [6.07, 6.45) is 3.85. The topological polar surface area (TPSA) is 70.6 Å². The minimum Gasteiger partial charge on any atom is -0.378 e. The van der Waals surface area contributed by atoms with Crippen molar-refractivity contribution in [3.8, 4) is 0 Å². The quantitative estimate of drug-likeness (QED) is 0.881. The van der Waals surface area contributed by atoms with E-state index in [1.165, 1.54) is 0 Å². The number of amides is 1. The number of nitrogens with zero attached hydrogens (tertiary/aromatic N) is 4. The molecule has 3 aliphatic rings. The number of piperidine rings is 1. The van der Waals surface area contributed by atoms with E-state index in [4.69, 9.17) is 14.7 Å². The molecule has 1 aromatic rings. The van der Waals surface area contributed by atoms with Crippen molar-refractivity contribution >= 4 is 17.7 Å². The second-order valence-corrected chi connectivity index (χ2v) is 7.28. The number of carbonyl (C=O) groups is 1. The number of aryl methyl sites for hydroxylation is 1. The Balaban J connectivity index is 1.58. The Hall–Kier alpha value is -1.89. The summed E-state index contributed by atoms with van der Waals surface area (Å²) >= 11 is 0. The number of anilines is 2. The van der Waals surface area contributed by atoms with Gasteiger partial charge in [-0.25, -0.2) is 4.98 Å². The lowest BCUT2D eigenvalue weighted by molar-refractivity contribution is -0.132. The number of hydrogen-bond acceptors (Lipinski definition) is 6. The van der Waals surface area contributed by atoms with Gasteiger partial charge in [0.15, 0.2) is 0 Å². The van der Waals surface area contributed by atoms with E-state index in [1.807, 2.05) is 0 Å². The van der Waals surface area contributed by atoms with Crippen molar-refractivity contribution in [2.24, 2.45) is 5.41 Å². The average molecular weight is 345 g/mol. The van der Waals surface area contributed by atoms with Gasteiger partial charge in [-0.05, 0) is 25.7 Å². The molecule has 3 saturated heterocycles. The highest BCUT2D eigenvalue weighted by Crippen LogP contribution is 2.39. The number of morpholine rings is 1. The summed E-state index contributed by atoms with van der Waals surface area (Å²) in [4.78, 5) is 26.5. The van der Waals surface area contributed by atoms with Crippen molar-refractivity contribution in [3.05, 3.63) is 11.8 Å². The summed E-state index contributed by atoms with van der Waals surface area (Å²) in [5, 5.41) is 3.05. The summed E-state index contributed by atoms with van der Waals surface area (Å²) in [5.41, 5.74) is 0.829. The van der Waals surface area contributed by atoms with Gasteiger partial charge < -0.3 is 19.9 Å². The van der Waals surface area contributed by atoms with Crippen LogP contribution < -0.4 is 15.1 Å². The van der Waals surface area contributed by atoms with Gasteiger partial charge in [0.25, 0.3) is 0 Å². The summed E-state index contributed by atoms with van der Waals surface area (Å²) in [6, 6.07) is 2.09. The van der Waals surface area contributed by atoms with Crippen LogP contribution in [0.3, 0.4) is 0 Å². The van der Waals surface area contributed by atoms with Gasteiger partial charge in [0.1, 0.15) is 5.82 Å². The highest BCUT2D eigenvalue weighted by Gasteiger charge is 2.46. The predicted molar refractivity (Wildman–Crippen MR) is 95.9 cm³/mol. The third-order valence-corrected chi connectivity index (χ3v) is 5.69. The number of nitrogens with one attached hydrogen (secondary N) is 1. The Morgan fingerprint density at radius 2 is 2.04 bits per heavy atom. The van der Waals surface area contributed by atoms with Gasteiger partial charge in [-0.3, -0.25) is 4.79 Å². The first-order chi connectivity index (χ1) is 12.2. The Labute approximate surface area is 148 Å². The van der Waals surface area contributed by atoms with Crippen LogP contribution in [-0.4, -0.2) is 61.8 Å². The maximum Gasteiger partial charge on any atom is 0.228 e. The van der Waals surface area contributed by atoms with Crippen molar-refractivity contribution in [1.29, 1.82) is 0 Å². The fourth-order valence-electron chi connectivity index (χ4n) is 4.10. The van der Waals surface area contributed by atoms with Gasteiger partial charge in [-0.2, -0.15) is 4.98 Å². The van der Waals surface area contributed by atoms with Crippen LogP contribution in [0.25, 0.3) is 0 Å². The number of aromatic nitrogens is 2. The van der Waals surface area contributed by atoms with Crippen LogP contribution in [-0.2, 0) is 16.0 Å². The molecule has 4 heterocycles. The van der Waals surface area contributed by atoms with E-state index in [-0.39, 0.29) is 11.3 Å².